The number of likely N-dealkylation sites (tertiary alicyclic amines) is 1. The molecule has 0 aromatic heterocycles. The van der Waals surface area contributed by atoms with E-state index in [1.165, 1.54) is 18.4 Å². The molecule has 1 N–H and O–H groups in total. The molecular formula is C17H24N2O. The summed E-state index contributed by atoms with van der Waals surface area (Å²) in [6.07, 6.45) is 4.62. The SMILES string of the molecule is CN[C@@H]1CC[C@@H](c2ccccc2)CN(CC2CC2)C1=O. The van der Waals surface area contributed by atoms with Crippen LogP contribution in [-0.4, -0.2) is 37.0 Å². The van der Waals surface area contributed by atoms with Gasteiger partial charge in [0, 0.05) is 19.0 Å². The maximum absolute atomic E-state index is 12.6. The third-order valence-corrected chi connectivity index (χ3v) is 4.65. The fraction of sp³-hybridized carbons (Fsp3) is 0.588. The zero-order chi connectivity index (χ0) is 13.9. The molecule has 1 aliphatic heterocycles. The van der Waals surface area contributed by atoms with Crippen molar-refractivity contribution in [1.82, 2.24) is 10.2 Å². The predicted octanol–water partition coefficient (Wildman–Crippen LogP) is 2.39. The quantitative estimate of drug-likeness (QED) is 0.913. The van der Waals surface area contributed by atoms with Crippen LogP contribution in [0.5, 0.6) is 0 Å². The van der Waals surface area contributed by atoms with E-state index in [0.717, 1.165) is 31.8 Å². The van der Waals surface area contributed by atoms with Gasteiger partial charge in [0.15, 0.2) is 0 Å². The first-order chi connectivity index (χ1) is 9.78. The van der Waals surface area contributed by atoms with Crippen molar-refractivity contribution < 1.29 is 4.79 Å². The molecule has 1 saturated carbocycles. The van der Waals surface area contributed by atoms with E-state index >= 15 is 0 Å². The van der Waals surface area contributed by atoms with Gasteiger partial charge in [-0.25, -0.2) is 0 Å². The molecule has 20 heavy (non-hydrogen) atoms. The molecule has 0 spiro atoms. The Hall–Kier alpha value is -1.35. The Labute approximate surface area is 121 Å². The lowest BCUT2D eigenvalue weighted by Crippen LogP contribution is -2.45. The number of hydrogen-bond acceptors (Lipinski definition) is 2. The van der Waals surface area contributed by atoms with Crippen LogP contribution in [0.2, 0.25) is 0 Å². The van der Waals surface area contributed by atoms with E-state index < -0.39 is 0 Å². The smallest absolute Gasteiger partial charge is 0.239 e. The molecule has 3 rings (SSSR count). The molecule has 3 heteroatoms. The number of rotatable bonds is 4. The van der Waals surface area contributed by atoms with Crippen LogP contribution in [0.3, 0.4) is 0 Å². The molecule has 1 amide bonds. The van der Waals surface area contributed by atoms with E-state index in [9.17, 15) is 4.79 Å². The van der Waals surface area contributed by atoms with Gasteiger partial charge in [-0.1, -0.05) is 30.3 Å². The fourth-order valence-corrected chi connectivity index (χ4v) is 3.20. The monoisotopic (exact) mass is 272 g/mol. The summed E-state index contributed by atoms with van der Waals surface area (Å²) in [6, 6.07) is 10.7. The Kier molecular flexibility index (Phi) is 4.06. The van der Waals surface area contributed by atoms with E-state index in [0.29, 0.717) is 11.8 Å². The molecule has 108 valence electrons. The summed E-state index contributed by atoms with van der Waals surface area (Å²) in [6.45, 7) is 1.85. The highest BCUT2D eigenvalue weighted by molar-refractivity contribution is 5.82. The summed E-state index contributed by atoms with van der Waals surface area (Å²) < 4.78 is 0. The van der Waals surface area contributed by atoms with Crippen molar-refractivity contribution in [2.45, 2.75) is 37.6 Å². The Bertz CT molecular complexity index is 455. The average molecular weight is 272 g/mol. The number of carbonyl (C=O) groups excluding carboxylic acids is 1. The fourth-order valence-electron chi connectivity index (χ4n) is 3.20. The van der Waals surface area contributed by atoms with Crippen LogP contribution in [0, 0.1) is 5.92 Å². The molecule has 1 aromatic carbocycles. The van der Waals surface area contributed by atoms with Crippen molar-refractivity contribution >= 4 is 5.91 Å². The van der Waals surface area contributed by atoms with E-state index in [4.69, 9.17) is 0 Å². The van der Waals surface area contributed by atoms with Gasteiger partial charge in [0.1, 0.15) is 0 Å². The van der Waals surface area contributed by atoms with Crippen molar-refractivity contribution in [3.63, 3.8) is 0 Å². The first kappa shape index (κ1) is 13.6. The molecule has 0 radical (unpaired) electrons. The zero-order valence-electron chi connectivity index (χ0n) is 12.2. The van der Waals surface area contributed by atoms with Gasteiger partial charge in [0.25, 0.3) is 0 Å². The first-order valence-corrected chi connectivity index (χ1v) is 7.79. The number of amides is 1. The van der Waals surface area contributed by atoms with Gasteiger partial charge in [-0.3, -0.25) is 4.79 Å². The van der Waals surface area contributed by atoms with E-state index in [2.05, 4.69) is 40.5 Å². The van der Waals surface area contributed by atoms with Gasteiger partial charge >= 0.3 is 0 Å². The number of carbonyl (C=O) groups is 1. The number of nitrogens with one attached hydrogen (secondary N) is 1. The second-order valence-corrected chi connectivity index (χ2v) is 6.21. The van der Waals surface area contributed by atoms with E-state index in [-0.39, 0.29) is 6.04 Å². The van der Waals surface area contributed by atoms with Gasteiger partial charge in [0.05, 0.1) is 6.04 Å². The van der Waals surface area contributed by atoms with Crippen LogP contribution in [0.4, 0.5) is 0 Å². The molecule has 2 aliphatic rings. The van der Waals surface area contributed by atoms with Crippen LogP contribution in [0.15, 0.2) is 30.3 Å². The molecule has 2 atom stereocenters. The van der Waals surface area contributed by atoms with Crippen LogP contribution >= 0.6 is 0 Å². The van der Waals surface area contributed by atoms with Gasteiger partial charge in [-0.2, -0.15) is 0 Å². The molecule has 1 aromatic rings. The van der Waals surface area contributed by atoms with Gasteiger partial charge in [-0.15, -0.1) is 0 Å². The topological polar surface area (TPSA) is 32.3 Å². The summed E-state index contributed by atoms with van der Waals surface area (Å²) in [4.78, 5) is 14.7. The summed E-state index contributed by atoms with van der Waals surface area (Å²) >= 11 is 0. The number of likely N-dealkylation sites (N-methyl/N-ethyl adjacent to an activating group) is 1. The van der Waals surface area contributed by atoms with Crippen LogP contribution in [-0.2, 0) is 4.79 Å². The van der Waals surface area contributed by atoms with E-state index in [1.807, 2.05) is 7.05 Å². The van der Waals surface area contributed by atoms with E-state index in [1.54, 1.807) is 0 Å². The highest BCUT2D eigenvalue weighted by Crippen LogP contribution is 2.33. The maximum Gasteiger partial charge on any atom is 0.239 e. The summed E-state index contributed by atoms with van der Waals surface area (Å²) in [7, 11) is 1.90. The molecule has 1 saturated heterocycles. The van der Waals surface area contributed by atoms with Gasteiger partial charge in [0.2, 0.25) is 5.91 Å². The first-order valence-electron chi connectivity index (χ1n) is 7.79. The van der Waals surface area contributed by atoms with Crippen molar-refractivity contribution in [2.75, 3.05) is 20.1 Å². The normalized spacial score (nSPS) is 27.4. The number of nitrogens with zero attached hydrogens (tertiary/aromatic N) is 1. The minimum Gasteiger partial charge on any atom is -0.340 e. The summed E-state index contributed by atoms with van der Waals surface area (Å²) in [5.41, 5.74) is 1.37. The molecule has 0 unspecified atom stereocenters. The molecular weight excluding hydrogens is 248 g/mol. The Morgan fingerprint density at radius 2 is 1.90 bits per heavy atom. The standard InChI is InChI=1S/C17H24N2O/c1-18-16-10-9-15(14-5-3-2-4-6-14)12-19(17(16)20)11-13-7-8-13/h2-6,13,15-16,18H,7-12H2,1H3/t15-,16-/m1/s1. The number of hydrogen-bond donors (Lipinski definition) is 1. The lowest BCUT2D eigenvalue weighted by atomic mass is 9.94. The molecule has 1 heterocycles. The second-order valence-electron chi connectivity index (χ2n) is 6.21. The maximum atomic E-state index is 12.6. The molecule has 0 bridgehead atoms. The average Bonchev–Trinajstić information content (AvgIpc) is 3.30. The minimum absolute atomic E-state index is 0.00228. The summed E-state index contributed by atoms with van der Waals surface area (Å²) in [5, 5.41) is 3.20. The van der Waals surface area contributed by atoms with Crippen LogP contribution in [0.25, 0.3) is 0 Å². The molecule has 1 aliphatic carbocycles. The van der Waals surface area contributed by atoms with Crippen molar-refractivity contribution in [3.8, 4) is 0 Å². The number of benzene rings is 1. The Balaban J connectivity index is 1.77. The Morgan fingerprint density at radius 1 is 1.15 bits per heavy atom. The van der Waals surface area contributed by atoms with Gasteiger partial charge in [-0.05, 0) is 44.2 Å². The highest BCUT2D eigenvalue weighted by Gasteiger charge is 2.34. The van der Waals surface area contributed by atoms with Gasteiger partial charge < -0.3 is 10.2 Å². The van der Waals surface area contributed by atoms with Crippen LogP contribution in [0.1, 0.15) is 37.2 Å². The van der Waals surface area contributed by atoms with Crippen molar-refractivity contribution in [3.05, 3.63) is 35.9 Å². The van der Waals surface area contributed by atoms with Crippen molar-refractivity contribution in [2.24, 2.45) is 5.92 Å². The molecule has 3 nitrogen and oxygen atoms in total. The zero-order valence-corrected chi connectivity index (χ0v) is 12.2. The Morgan fingerprint density at radius 3 is 2.55 bits per heavy atom. The van der Waals surface area contributed by atoms with Crippen molar-refractivity contribution in [1.29, 1.82) is 0 Å². The minimum atomic E-state index is 0.00228. The third-order valence-electron chi connectivity index (χ3n) is 4.65. The third kappa shape index (κ3) is 3.04. The highest BCUT2D eigenvalue weighted by atomic mass is 16.2. The largest absolute Gasteiger partial charge is 0.340 e. The lowest BCUT2D eigenvalue weighted by Gasteiger charge is -2.26. The summed E-state index contributed by atoms with van der Waals surface area (Å²) in [5.74, 6) is 1.54. The second kappa shape index (κ2) is 5.96. The molecule has 2 fully saturated rings. The lowest BCUT2D eigenvalue weighted by molar-refractivity contribution is -0.133. The van der Waals surface area contributed by atoms with Crippen LogP contribution < -0.4 is 5.32 Å². The predicted molar refractivity (Wildman–Crippen MR) is 80.6 cm³/mol.